The normalized spacial score (nSPS) is 20.2. The first kappa shape index (κ1) is 12.8. The SMILES string of the molecule is CCOC(C)c1noc(C2NCCc3sccc32)n1. The molecule has 19 heavy (non-hydrogen) atoms. The van der Waals surface area contributed by atoms with Crippen LogP contribution in [0.5, 0.6) is 0 Å². The van der Waals surface area contributed by atoms with Gasteiger partial charge in [0.25, 0.3) is 0 Å². The van der Waals surface area contributed by atoms with Crippen molar-refractivity contribution < 1.29 is 9.26 Å². The molecule has 0 radical (unpaired) electrons. The highest BCUT2D eigenvalue weighted by atomic mass is 32.1. The van der Waals surface area contributed by atoms with Crippen LogP contribution in [0.25, 0.3) is 0 Å². The van der Waals surface area contributed by atoms with Gasteiger partial charge in [0.2, 0.25) is 5.89 Å². The van der Waals surface area contributed by atoms with Crippen molar-refractivity contribution in [2.24, 2.45) is 0 Å². The topological polar surface area (TPSA) is 60.2 Å². The molecular weight excluding hydrogens is 262 g/mol. The molecule has 0 fully saturated rings. The summed E-state index contributed by atoms with van der Waals surface area (Å²) in [6.07, 6.45) is 0.938. The first-order valence-electron chi connectivity index (χ1n) is 6.54. The summed E-state index contributed by atoms with van der Waals surface area (Å²) in [5.74, 6) is 1.24. The van der Waals surface area contributed by atoms with Crippen molar-refractivity contribution in [1.29, 1.82) is 0 Å². The molecule has 0 bridgehead atoms. The lowest BCUT2D eigenvalue weighted by Gasteiger charge is -2.20. The third kappa shape index (κ3) is 2.43. The molecule has 0 amide bonds. The molecule has 6 heteroatoms. The second-order valence-corrected chi connectivity index (χ2v) is 5.53. The number of fused-ring (bicyclic) bond motifs is 1. The highest BCUT2D eigenvalue weighted by molar-refractivity contribution is 7.10. The molecule has 2 atom stereocenters. The van der Waals surface area contributed by atoms with Crippen molar-refractivity contribution >= 4 is 11.3 Å². The minimum Gasteiger partial charge on any atom is -0.371 e. The zero-order valence-electron chi connectivity index (χ0n) is 11.0. The highest BCUT2D eigenvalue weighted by Crippen LogP contribution is 2.31. The molecule has 3 rings (SSSR count). The zero-order chi connectivity index (χ0) is 13.2. The van der Waals surface area contributed by atoms with Crippen LogP contribution in [0.15, 0.2) is 16.0 Å². The van der Waals surface area contributed by atoms with E-state index in [9.17, 15) is 0 Å². The quantitative estimate of drug-likeness (QED) is 0.931. The fourth-order valence-electron chi connectivity index (χ4n) is 2.33. The molecular formula is C13H17N3O2S. The Kier molecular flexibility index (Phi) is 3.63. The third-order valence-corrected chi connectivity index (χ3v) is 4.27. The van der Waals surface area contributed by atoms with Crippen LogP contribution in [0.3, 0.4) is 0 Å². The van der Waals surface area contributed by atoms with Gasteiger partial charge in [-0.2, -0.15) is 4.98 Å². The lowest BCUT2D eigenvalue weighted by molar-refractivity contribution is 0.0683. The Hall–Kier alpha value is -1.24. The van der Waals surface area contributed by atoms with Gasteiger partial charge < -0.3 is 14.6 Å². The van der Waals surface area contributed by atoms with Crippen molar-refractivity contribution in [1.82, 2.24) is 15.5 Å². The molecule has 0 aromatic carbocycles. The number of nitrogens with one attached hydrogen (secondary N) is 1. The van der Waals surface area contributed by atoms with Gasteiger partial charge in [0.15, 0.2) is 5.82 Å². The van der Waals surface area contributed by atoms with Gasteiger partial charge >= 0.3 is 0 Å². The van der Waals surface area contributed by atoms with Gasteiger partial charge in [-0.25, -0.2) is 0 Å². The highest BCUT2D eigenvalue weighted by Gasteiger charge is 2.27. The fraction of sp³-hybridized carbons (Fsp3) is 0.538. The predicted molar refractivity (Wildman–Crippen MR) is 72.2 cm³/mol. The lowest BCUT2D eigenvalue weighted by atomic mass is 10.0. The maximum absolute atomic E-state index is 5.48. The Labute approximate surface area is 116 Å². The van der Waals surface area contributed by atoms with E-state index in [0.29, 0.717) is 18.3 Å². The van der Waals surface area contributed by atoms with E-state index in [1.54, 1.807) is 11.3 Å². The molecule has 2 unspecified atom stereocenters. The van der Waals surface area contributed by atoms with E-state index in [4.69, 9.17) is 9.26 Å². The van der Waals surface area contributed by atoms with Crippen LogP contribution in [0, 0.1) is 0 Å². The molecule has 0 spiro atoms. The summed E-state index contributed by atoms with van der Waals surface area (Å²) in [6, 6.07) is 2.15. The van der Waals surface area contributed by atoms with E-state index >= 15 is 0 Å². The predicted octanol–water partition coefficient (Wildman–Crippen LogP) is 2.46. The summed E-state index contributed by atoms with van der Waals surface area (Å²) in [4.78, 5) is 5.87. The first-order chi connectivity index (χ1) is 9.29. The van der Waals surface area contributed by atoms with Gasteiger partial charge in [-0.1, -0.05) is 5.16 Å². The molecule has 0 saturated heterocycles. The van der Waals surface area contributed by atoms with Gasteiger partial charge in [-0.15, -0.1) is 11.3 Å². The molecule has 0 aliphatic carbocycles. The molecule has 1 aliphatic heterocycles. The van der Waals surface area contributed by atoms with Crippen molar-refractivity contribution in [3.8, 4) is 0 Å². The maximum Gasteiger partial charge on any atom is 0.248 e. The van der Waals surface area contributed by atoms with Crippen molar-refractivity contribution in [3.63, 3.8) is 0 Å². The Bertz CT molecular complexity index is 552. The van der Waals surface area contributed by atoms with Gasteiger partial charge in [0.1, 0.15) is 12.1 Å². The maximum atomic E-state index is 5.48. The summed E-state index contributed by atoms with van der Waals surface area (Å²) >= 11 is 1.79. The van der Waals surface area contributed by atoms with Crippen molar-refractivity contribution in [2.45, 2.75) is 32.4 Å². The van der Waals surface area contributed by atoms with Gasteiger partial charge in [-0.05, 0) is 37.3 Å². The Balaban J connectivity index is 1.84. The molecule has 102 valence electrons. The number of nitrogens with zero attached hydrogens (tertiary/aromatic N) is 2. The van der Waals surface area contributed by atoms with Crippen LogP contribution >= 0.6 is 11.3 Å². The zero-order valence-corrected chi connectivity index (χ0v) is 11.9. The van der Waals surface area contributed by atoms with Gasteiger partial charge in [0, 0.05) is 18.0 Å². The largest absolute Gasteiger partial charge is 0.371 e. The molecule has 5 nitrogen and oxygen atoms in total. The average molecular weight is 279 g/mol. The Morgan fingerprint density at radius 1 is 1.63 bits per heavy atom. The number of ether oxygens (including phenoxy) is 1. The summed E-state index contributed by atoms with van der Waals surface area (Å²) in [6.45, 7) is 5.47. The second kappa shape index (κ2) is 5.40. The first-order valence-corrected chi connectivity index (χ1v) is 7.42. The van der Waals surface area contributed by atoms with Crippen LogP contribution in [-0.2, 0) is 11.2 Å². The summed E-state index contributed by atoms with van der Waals surface area (Å²) in [7, 11) is 0. The van der Waals surface area contributed by atoms with E-state index in [2.05, 4.69) is 26.9 Å². The van der Waals surface area contributed by atoms with Crippen LogP contribution in [-0.4, -0.2) is 23.3 Å². The second-order valence-electron chi connectivity index (χ2n) is 4.52. The van der Waals surface area contributed by atoms with Gasteiger partial charge in [0.05, 0.1) is 0 Å². The standard InChI is InChI=1S/C13H17N3O2S/c1-3-17-8(2)12-15-13(18-16-12)11-9-5-7-19-10(9)4-6-14-11/h5,7-8,11,14H,3-4,6H2,1-2H3. The van der Waals surface area contributed by atoms with E-state index < -0.39 is 0 Å². The molecule has 2 aromatic rings. The molecule has 3 heterocycles. The molecule has 1 N–H and O–H groups in total. The molecule has 1 aliphatic rings. The average Bonchev–Trinajstić information content (AvgIpc) is 3.07. The van der Waals surface area contributed by atoms with E-state index in [-0.39, 0.29) is 12.1 Å². The summed E-state index contributed by atoms with van der Waals surface area (Å²) < 4.78 is 10.9. The van der Waals surface area contributed by atoms with E-state index in [0.717, 1.165) is 13.0 Å². The number of rotatable bonds is 4. The minimum absolute atomic E-state index is 0.0186. The number of aromatic nitrogens is 2. The molecule has 0 saturated carbocycles. The van der Waals surface area contributed by atoms with Crippen molar-refractivity contribution in [2.75, 3.05) is 13.2 Å². The Morgan fingerprint density at radius 3 is 3.37 bits per heavy atom. The van der Waals surface area contributed by atoms with E-state index in [1.807, 2.05) is 13.8 Å². The lowest BCUT2D eigenvalue weighted by Crippen LogP contribution is -2.29. The van der Waals surface area contributed by atoms with Crippen LogP contribution in [0.1, 0.15) is 48.1 Å². The molecule has 2 aromatic heterocycles. The summed E-state index contributed by atoms with van der Waals surface area (Å²) in [5.41, 5.74) is 1.26. The summed E-state index contributed by atoms with van der Waals surface area (Å²) in [5, 5.41) is 9.57. The smallest absolute Gasteiger partial charge is 0.248 e. The van der Waals surface area contributed by atoms with E-state index in [1.165, 1.54) is 10.4 Å². The van der Waals surface area contributed by atoms with Crippen LogP contribution in [0.2, 0.25) is 0 Å². The fourth-order valence-corrected chi connectivity index (χ4v) is 3.25. The van der Waals surface area contributed by atoms with Gasteiger partial charge in [-0.3, -0.25) is 0 Å². The Morgan fingerprint density at radius 2 is 2.53 bits per heavy atom. The number of hydrogen-bond acceptors (Lipinski definition) is 6. The van der Waals surface area contributed by atoms with Crippen molar-refractivity contribution in [3.05, 3.63) is 33.6 Å². The van der Waals surface area contributed by atoms with Crippen LogP contribution < -0.4 is 5.32 Å². The monoisotopic (exact) mass is 279 g/mol. The third-order valence-electron chi connectivity index (χ3n) is 3.28. The number of hydrogen-bond donors (Lipinski definition) is 1. The van der Waals surface area contributed by atoms with Crippen LogP contribution in [0.4, 0.5) is 0 Å². The minimum atomic E-state index is -0.131. The number of thiophene rings is 1.